The number of hydrogen-bond acceptors (Lipinski definition) is 4. The minimum Gasteiger partial charge on any atom is -0.452 e. The van der Waals surface area contributed by atoms with Crippen LogP contribution in [0.3, 0.4) is 0 Å². The lowest BCUT2D eigenvalue weighted by Gasteiger charge is -2.35. The van der Waals surface area contributed by atoms with Crippen LogP contribution in [0.5, 0.6) is 0 Å². The SMILES string of the molecule is Br.CCN1CC(CN2CCCCC2)OC(=O)C1=O. The Morgan fingerprint density at radius 2 is 1.89 bits per heavy atom. The van der Waals surface area contributed by atoms with Crippen LogP contribution in [0.25, 0.3) is 0 Å². The Morgan fingerprint density at radius 3 is 2.50 bits per heavy atom. The summed E-state index contributed by atoms with van der Waals surface area (Å²) in [5.74, 6) is -1.19. The quantitative estimate of drug-likeness (QED) is 0.571. The van der Waals surface area contributed by atoms with Crippen molar-refractivity contribution in [2.24, 2.45) is 0 Å². The molecule has 18 heavy (non-hydrogen) atoms. The highest BCUT2D eigenvalue weighted by Gasteiger charge is 2.34. The molecule has 0 N–H and O–H groups in total. The number of nitrogens with zero attached hydrogens (tertiary/aromatic N) is 2. The van der Waals surface area contributed by atoms with Crippen molar-refractivity contribution in [3.05, 3.63) is 0 Å². The summed E-state index contributed by atoms with van der Waals surface area (Å²) in [4.78, 5) is 26.7. The van der Waals surface area contributed by atoms with E-state index in [-0.39, 0.29) is 23.1 Å². The molecule has 6 heteroatoms. The average Bonchev–Trinajstić information content (AvgIpc) is 2.35. The molecular formula is C12H21BrN2O3. The highest BCUT2D eigenvalue weighted by molar-refractivity contribution is 8.93. The highest BCUT2D eigenvalue weighted by Crippen LogP contribution is 2.13. The first-order valence-electron chi connectivity index (χ1n) is 6.43. The number of amides is 1. The molecule has 2 aliphatic heterocycles. The molecule has 0 radical (unpaired) electrons. The van der Waals surface area contributed by atoms with Gasteiger partial charge in [0.25, 0.3) is 0 Å². The molecule has 5 nitrogen and oxygen atoms in total. The molecule has 0 aromatic heterocycles. The van der Waals surface area contributed by atoms with Crippen molar-refractivity contribution >= 4 is 28.9 Å². The fourth-order valence-corrected chi connectivity index (χ4v) is 2.49. The summed E-state index contributed by atoms with van der Waals surface area (Å²) in [5.41, 5.74) is 0. The third-order valence-corrected chi connectivity index (χ3v) is 3.45. The summed E-state index contributed by atoms with van der Waals surface area (Å²) in [6.45, 7) is 5.91. The number of cyclic esters (lactones) is 1. The molecule has 2 rings (SSSR count). The predicted octanol–water partition coefficient (Wildman–Crippen LogP) is 0.824. The molecule has 1 atom stereocenters. The van der Waals surface area contributed by atoms with Gasteiger partial charge in [0.1, 0.15) is 6.10 Å². The molecule has 0 saturated carbocycles. The zero-order valence-corrected chi connectivity index (χ0v) is 12.5. The van der Waals surface area contributed by atoms with Crippen LogP contribution in [0.1, 0.15) is 26.2 Å². The molecule has 0 aliphatic carbocycles. The Morgan fingerprint density at radius 1 is 1.22 bits per heavy atom. The number of esters is 1. The van der Waals surface area contributed by atoms with Gasteiger partial charge in [-0.2, -0.15) is 0 Å². The van der Waals surface area contributed by atoms with Crippen molar-refractivity contribution in [2.45, 2.75) is 32.3 Å². The fourth-order valence-electron chi connectivity index (χ4n) is 2.49. The number of ether oxygens (including phenoxy) is 1. The first-order chi connectivity index (χ1) is 8.20. The minimum absolute atomic E-state index is 0. The third-order valence-electron chi connectivity index (χ3n) is 3.45. The number of likely N-dealkylation sites (tertiary alicyclic amines) is 1. The van der Waals surface area contributed by atoms with Crippen LogP contribution in [0.15, 0.2) is 0 Å². The fraction of sp³-hybridized carbons (Fsp3) is 0.833. The van der Waals surface area contributed by atoms with Crippen LogP contribution in [0, 0.1) is 0 Å². The van der Waals surface area contributed by atoms with Gasteiger partial charge >= 0.3 is 11.9 Å². The molecule has 104 valence electrons. The lowest BCUT2D eigenvalue weighted by Crippen LogP contribution is -2.53. The second kappa shape index (κ2) is 7.09. The lowest BCUT2D eigenvalue weighted by molar-refractivity contribution is -0.173. The van der Waals surface area contributed by atoms with Crippen molar-refractivity contribution in [3.8, 4) is 0 Å². The van der Waals surface area contributed by atoms with Crippen molar-refractivity contribution in [3.63, 3.8) is 0 Å². The molecule has 0 aromatic rings. The van der Waals surface area contributed by atoms with Gasteiger partial charge in [-0.3, -0.25) is 9.69 Å². The average molecular weight is 321 g/mol. The summed E-state index contributed by atoms with van der Waals surface area (Å²) in [5, 5.41) is 0. The van der Waals surface area contributed by atoms with Crippen LogP contribution in [0.4, 0.5) is 0 Å². The molecule has 1 unspecified atom stereocenters. The van der Waals surface area contributed by atoms with Crippen LogP contribution >= 0.6 is 17.0 Å². The number of piperidine rings is 1. The molecular weight excluding hydrogens is 300 g/mol. The van der Waals surface area contributed by atoms with Gasteiger partial charge in [0.15, 0.2) is 0 Å². The van der Waals surface area contributed by atoms with Crippen LogP contribution in [0.2, 0.25) is 0 Å². The minimum atomic E-state index is -0.694. The summed E-state index contributed by atoms with van der Waals surface area (Å²) in [6, 6.07) is 0. The van der Waals surface area contributed by atoms with Crippen molar-refractivity contribution in [2.75, 3.05) is 32.7 Å². The van der Waals surface area contributed by atoms with E-state index in [1.165, 1.54) is 19.3 Å². The maximum atomic E-state index is 11.4. The maximum absolute atomic E-state index is 11.4. The highest BCUT2D eigenvalue weighted by atomic mass is 79.9. The number of rotatable bonds is 3. The molecule has 0 aromatic carbocycles. The van der Waals surface area contributed by atoms with Gasteiger partial charge in [-0.15, -0.1) is 17.0 Å². The van der Waals surface area contributed by atoms with E-state index in [9.17, 15) is 9.59 Å². The van der Waals surface area contributed by atoms with Gasteiger partial charge in [-0.25, -0.2) is 4.79 Å². The number of hydrogen-bond donors (Lipinski definition) is 0. The van der Waals surface area contributed by atoms with E-state index in [0.717, 1.165) is 19.6 Å². The Balaban J connectivity index is 0.00000162. The van der Waals surface area contributed by atoms with E-state index in [1.54, 1.807) is 4.90 Å². The van der Waals surface area contributed by atoms with Gasteiger partial charge in [-0.1, -0.05) is 6.42 Å². The first kappa shape index (κ1) is 15.4. The molecule has 2 saturated heterocycles. The van der Waals surface area contributed by atoms with Gasteiger partial charge in [0, 0.05) is 13.1 Å². The molecule has 2 aliphatic rings. The molecule has 2 heterocycles. The smallest absolute Gasteiger partial charge is 0.397 e. The summed E-state index contributed by atoms with van der Waals surface area (Å²) < 4.78 is 5.16. The Bertz CT molecular complexity index is 306. The molecule has 2 fully saturated rings. The molecule has 1 amide bonds. The Kier molecular flexibility index (Phi) is 6.08. The van der Waals surface area contributed by atoms with Gasteiger partial charge in [0.2, 0.25) is 0 Å². The van der Waals surface area contributed by atoms with Crippen LogP contribution < -0.4 is 0 Å². The topological polar surface area (TPSA) is 49.9 Å². The summed E-state index contributed by atoms with van der Waals surface area (Å²) in [6.07, 6.45) is 3.58. The second-order valence-corrected chi connectivity index (χ2v) is 4.73. The van der Waals surface area contributed by atoms with Crippen LogP contribution in [-0.4, -0.2) is 60.5 Å². The molecule has 0 spiro atoms. The lowest BCUT2D eigenvalue weighted by atomic mass is 10.1. The normalized spacial score (nSPS) is 25.6. The molecule has 0 bridgehead atoms. The van der Waals surface area contributed by atoms with Gasteiger partial charge < -0.3 is 9.64 Å². The van der Waals surface area contributed by atoms with E-state index >= 15 is 0 Å². The van der Waals surface area contributed by atoms with E-state index in [4.69, 9.17) is 4.74 Å². The third kappa shape index (κ3) is 3.68. The monoisotopic (exact) mass is 320 g/mol. The second-order valence-electron chi connectivity index (χ2n) is 4.73. The van der Waals surface area contributed by atoms with Crippen molar-refractivity contribution in [1.82, 2.24) is 9.80 Å². The zero-order chi connectivity index (χ0) is 12.3. The largest absolute Gasteiger partial charge is 0.452 e. The maximum Gasteiger partial charge on any atom is 0.397 e. The van der Waals surface area contributed by atoms with Crippen molar-refractivity contribution < 1.29 is 14.3 Å². The number of halogens is 1. The van der Waals surface area contributed by atoms with E-state index in [1.807, 2.05) is 6.92 Å². The summed E-state index contributed by atoms with van der Waals surface area (Å²) >= 11 is 0. The number of morpholine rings is 1. The number of likely N-dealkylation sites (N-methyl/N-ethyl adjacent to an activating group) is 1. The standard InChI is InChI=1S/C12H20N2O3.BrH/c1-2-14-9-10(17-12(16)11(14)15)8-13-6-4-3-5-7-13;/h10H,2-9H2,1H3;1H. The Labute approximate surface area is 118 Å². The van der Waals surface area contributed by atoms with E-state index < -0.39 is 11.9 Å². The van der Waals surface area contributed by atoms with E-state index in [0.29, 0.717) is 13.1 Å². The number of carbonyl (C=O) groups is 2. The first-order valence-corrected chi connectivity index (χ1v) is 6.43. The Hall–Kier alpha value is -0.620. The van der Waals surface area contributed by atoms with Crippen molar-refractivity contribution in [1.29, 1.82) is 0 Å². The van der Waals surface area contributed by atoms with Gasteiger partial charge in [-0.05, 0) is 32.9 Å². The van der Waals surface area contributed by atoms with Crippen LogP contribution in [-0.2, 0) is 14.3 Å². The van der Waals surface area contributed by atoms with E-state index in [2.05, 4.69) is 4.90 Å². The van der Waals surface area contributed by atoms with Gasteiger partial charge in [0.05, 0.1) is 6.54 Å². The zero-order valence-electron chi connectivity index (χ0n) is 10.8. The summed E-state index contributed by atoms with van der Waals surface area (Å²) in [7, 11) is 0. The predicted molar refractivity (Wildman–Crippen MR) is 72.7 cm³/mol. The number of carbonyl (C=O) groups excluding carboxylic acids is 2.